The summed E-state index contributed by atoms with van der Waals surface area (Å²) in [5, 5.41) is 18.4. The van der Waals surface area contributed by atoms with Crippen LogP contribution in [0.15, 0.2) is 27.8 Å². The molecule has 0 amide bonds. The molecule has 1 heterocycles. The molecule has 2 rings (SSSR count). The van der Waals surface area contributed by atoms with Crippen molar-refractivity contribution in [2.75, 3.05) is 0 Å². The second kappa shape index (κ2) is 3.57. The van der Waals surface area contributed by atoms with E-state index in [2.05, 4.69) is 4.98 Å². The zero-order chi connectivity index (χ0) is 12.6. The van der Waals surface area contributed by atoms with Crippen molar-refractivity contribution < 1.29 is 5.03 Å². The van der Waals surface area contributed by atoms with Crippen molar-refractivity contribution in [2.24, 2.45) is 0 Å². The van der Waals surface area contributed by atoms with E-state index in [0.29, 0.717) is 0 Å². The van der Waals surface area contributed by atoms with Gasteiger partial charge in [-0.05, 0) is 22.9 Å². The Balaban J connectivity index is 3.03. The Hall–Kier alpha value is -2.95. The second-order valence-corrected chi connectivity index (χ2v) is 3.15. The average Bonchev–Trinajstić information content (AvgIpc) is 2.29. The van der Waals surface area contributed by atoms with Crippen molar-refractivity contribution >= 4 is 11.0 Å². The van der Waals surface area contributed by atoms with Crippen LogP contribution in [0.4, 0.5) is 0 Å². The van der Waals surface area contributed by atoms with Crippen molar-refractivity contribution in [1.29, 1.82) is 5.26 Å². The van der Waals surface area contributed by atoms with Gasteiger partial charge in [0.25, 0.3) is 0 Å². The Morgan fingerprint density at radius 1 is 1.41 bits per heavy atom. The summed E-state index contributed by atoms with van der Waals surface area (Å²) in [4.78, 5) is 35.3. The molecule has 0 aliphatic rings. The maximum Gasteiger partial charge on any atom is 0.377 e. The predicted octanol–water partition coefficient (Wildman–Crippen LogP) is -0.399. The van der Waals surface area contributed by atoms with Crippen LogP contribution in [-0.2, 0) is 0 Å². The predicted molar refractivity (Wildman–Crippen MR) is 55.9 cm³/mol. The lowest BCUT2D eigenvalue weighted by Gasteiger charge is -2.00. The molecule has 8 nitrogen and oxygen atoms in total. The topological polar surface area (TPSA) is 122 Å². The number of benzene rings is 1. The van der Waals surface area contributed by atoms with Crippen molar-refractivity contribution in [3.05, 3.63) is 54.6 Å². The van der Waals surface area contributed by atoms with Gasteiger partial charge in [0.15, 0.2) is 5.03 Å². The molecule has 0 bridgehead atoms. The van der Waals surface area contributed by atoms with Crippen LogP contribution in [-0.4, -0.2) is 14.7 Å². The number of nitrogens with zero attached hydrogens (tertiary/aromatic N) is 3. The van der Waals surface area contributed by atoms with Crippen LogP contribution in [0.5, 0.6) is 0 Å². The maximum atomic E-state index is 11.3. The Morgan fingerprint density at radius 2 is 2.12 bits per heavy atom. The SMILES string of the molecule is N#Cc1ccc2c(c1)[nH]c(=O)c(=O)n2[N+](=O)[O-]. The van der Waals surface area contributed by atoms with E-state index < -0.39 is 16.2 Å². The fourth-order valence-electron chi connectivity index (χ4n) is 1.43. The van der Waals surface area contributed by atoms with Gasteiger partial charge >= 0.3 is 11.1 Å². The van der Waals surface area contributed by atoms with Gasteiger partial charge in [-0.3, -0.25) is 9.59 Å². The molecule has 2 aromatic rings. The lowest BCUT2D eigenvalue weighted by atomic mass is 10.2. The minimum Gasteiger partial charge on any atom is -0.315 e. The van der Waals surface area contributed by atoms with Crippen molar-refractivity contribution in [1.82, 2.24) is 9.66 Å². The summed E-state index contributed by atoms with van der Waals surface area (Å²) in [5.41, 5.74) is -2.16. The molecule has 0 unspecified atom stereocenters. The van der Waals surface area contributed by atoms with Crippen LogP contribution >= 0.6 is 0 Å². The highest BCUT2D eigenvalue weighted by Gasteiger charge is 2.15. The second-order valence-electron chi connectivity index (χ2n) is 3.15. The van der Waals surface area contributed by atoms with E-state index in [1.165, 1.54) is 18.2 Å². The third kappa shape index (κ3) is 1.55. The average molecular weight is 232 g/mol. The molecule has 0 spiro atoms. The molecule has 17 heavy (non-hydrogen) atoms. The van der Waals surface area contributed by atoms with Gasteiger partial charge in [0.2, 0.25) is 0 Å². The molecular weight excluding hydrogens is 228 g/mol. The molecule has 1 N–H and O–H groups in total. The van der Waals surface area contributed by atoms with Gasteiger partial charge in [0, 0.05) is 0 Å². The number of hydrogen-bond acceptors (Lipinski definition) is 5. The van der Waals surface area contributed by atoms with Crippen molar-refractivity contribution in [3.8, 4) is 6.07 Å². The minimum absolute atomic E-state index is 0.0605. The van der Waals surface area contributed by atoms with Gasteiger partial charge in [0.05, 0.1) is 17.1 Å². The smallest absolute Gasteiger partial charge is 0.315 e. The highest BCUT2D eigenvalue weighted by atomic mass is 16.7. The minimum atomic E-state index is -1.27. The molecular formula is C9H4N4O4. The first-order chi connectivity index (χ1) is 8.04. The third-order valence-corrected chi connectivity index (χ3v) is 2.15. The monoisotopic (exact) mass is 232 g/mol. The summed E-state index contributed by atoms with van der Waals surface area (Å²) in [5.74, 6) is 0. The van der Waals surface area contributed by atoms with Gasteiger partial charge in [0.1, 0.15) is 5.52 Å². The number of nitro groups is 1. The van der Waals surface area contributed by atoms with Gasteiger partial charge in [-0.15, -0.1) is 0 Å². The van der Waals surface area contributed by atoms with Crippen LogP contribution in [0.2, 0.25) is 0 Å². The lowest BCUT2D eigenvalue weighted by Crippen LogP contribution is -2.39. The van der Waals surface area contributed by atoms with E-state index in [4.69, 9.17) is 5.26 Å². The molecule has 0 atom stereocenters. The summed E-state index contributed by atoms with van der Waals surface area (Å²) in [6.07, 6.45) is 0. The van der Waals surface area contributed by atoms with Crippen molar-refractivity contribution in [2.45, 2.75) is 0 Å². The summed E-state index contributed by atoms with van der Waals surface area (Å²) < 4.78 is 0.148. The highest BCUT2D eigenvalue weighted by molar-refractivity contribution is 5.75. The number of aromatic nitrogens is 2. The van der Waals surface area contributed by atoms with Gasteiger partial charge in [-0.1, -0.05) is 0 Å². The molecule has 8 heteroatoms. The molecule has 1 aromatic heterocycles. The molecule has 0 aliphatic heterocycles. The molecule has 84 valence electrons. The quantitative estimate of drug-likeness (QED) is 0.407. The Kier molecular flexibility index (Phi) is 2.22. The Bertz CT molecular complexity index is 780. The van der Waals surface area contributed by atoms with Crippen LogP contribution < -0.4 is 11.1 Å². The number of rotatable bonds is 1. The standard InChI is InChI=1S/C9H4N4O4/c10-4-5-1-2-7-6(3-5)11-8(14)9(15)12(7)13(16)17/h1-3H,(H,11,14). The van der Waals surface area contributed by atoms with E-state index >= 15 is 0 Å². The zero-order valence-electron chi connectivity index (χ0n) is 8.21. The number of hydrogen-bond donors (Lipinski definition) is 1. The first kappa shape index (κ1) is 10.6. The van der Waals surface area contributed by atoms with Gasteiger partial charge in [-0.2, -0.15) is 5.26 Å². The molecule has 1 aromatic carbocycles. The van der Waals surface area contributed by atoms with E-state index in [9.17, 15) is 19.7 Å². The first-order valence-electron chi connectivity index (χ1n) is 4.38. The summed E-state index contributed by atoms with van der Waals surface area (Å²) >= 11 is 0. The van der Waals surface area contributed by atoms with E-state index in [1.54, 1.807) is 0 Å². The van der Waals surface area contributed by atoms with Crippen LogP contribution in [0.1, 0.15) is 5.56 Å². The Morgan fingerprint density at radius 3 is 2.71 bits per heavy atom. The number of nitrogens with one attached hydrogen (secondary N) is 1. The van der Waals surface area contributed by atoms with Gasteiger partial charge in [-0.25, -0.2) is 10.1 Å². The molecule has 0 aliphatic carbocycles. The normalized spacial score (nSPS) is 10.1. The van der Waals surface area contributed by atoms with E-state index in [-0.39, 0.29) is 21.3 Å². The number of H-pyrrole nitrogens is 1. The third-order valence-electron chi connectivity index (χ3n) is 2.15. The van der Waals surface area contributed by atoms with Crippen LogP contribution in [0, 0.1) is 21.4 Å². The lowest BCUT2D eigenvalue weighted by molar-refractivity contribution is -0.540. The first-order valence-corrected chi connectivity index (χ1v) is 4.38. The van der Waals surface area contributed by atoms with Crippen molar-refractivity contribution in [3.63, 3.8) is 0 Å². The van der Waals surface area contributed by atoms with E-state index in [1.807, 2.05) is 6.07 Å². The summed E-state index contributed by atoms with van der Waals surface area (Å²) in [6.45, 7) is 0. The summed E-state index contributed by atoms with van der Waals surface area (Å²) in [7, 11) is 0. The van der Waals surface area contributed by atoms with E-state index in [0.717, 1.165) is 0 Å². The molecule has 0 radical (unpaired) electrons. The maximum absolute atomic E-state index is 11.3. The molecule has 0 fully saturated rings. The largest absolute Gasteiger partial charge is 0.377 e. The number of fused-ring (bicyclic) bond motifs is 1. The molecule has 0 saturated carbocycles. The Labute approximate surface area is 92.5 Å². The van der Waals surface area contributed by atoms with Gasteiger partial charge < -0.3 is 4.98 Å². The van der Waals surface area contributed by atoms with Crippen LogP contribution in [0.25, 0.3) is 11.0 Å². The number of nitriles is 1. The zero-order valence-corrected chi connectivity index (χ0v) is 8.21. The van der Waals surface area contributed by atoms with Crippen LogP contribution in [0.3, 0.4) is 0 Å². The molecule has 0 saturated heterocycles. The highest BCUT2D eigenvalue weighted by Crippen LogP contribution is 2.10. The number of aromatic amines is 1. The fraction of sp³-hybridized carbons (Fsp3) is 0. The summed E-state index contributed by atoms with van der Waals surface area (Å²) in [6, 6.07) is 5.63. The fourth-order valence-corrected chi connectivity index (χ4v) is 1.43.